The van der Waals surface area contributed by atoms with Crippen LogP contribution in [-0.2, 0) is 14.8 Å². The fourth-order valence-electron chi connectivity index (χ4n) is 3.58. The molecule has 0 saturated carbocycles. The molecule has 0 bridgehead atoms. The molecule has 9 nitrogen and oxygen atoms in total. The number of ether oxygens (including phenoxy) is 2. The maximum absolute atomic E-state index is 12.7. The van der Waals surface area contributed by atoms with Crippen LogP contribution in [0.2, 0.25) is 0 Å². The van der Waals surface area contributed by atoms with Crippen LogP contribution in [0.3, 0.4) is 0 Å². The van der Waals surface area contributed by atoms with Gasteiger partial charge in [-0.1, -0.05) is 12.1 Å². The number of carbonyl (C=O) groups excluding carboxylic acids is 2. The van der Waals surface area contributed by atoms with E-state index in [1.54, 1.807) is 47.4 Å². The number of carbonyl (C=O) groups is 2. The zero-order valence-electron chi connectivity index (χ0n) is 19.0. The Morgan fingerprint density at radius 1 is 1.03 bits per heavy atom. The molecule has 178 valence electrons. The average molecular weight is 476 g/mol. The lowest BCUT2D eigenvalue weighted by Crippen LogP contribution is -2.32. The molecule has 0 atom stereocenters. The van der Waals surface area contributed by atoms with Gasteiger partial charge in [-0.05, 0) is 44.5 Å². The van der Waals surface area contributed by atoms with Gasteiger partial charge in [0.2, 0.25) is 22.7 Å². The predicted octanol–water partition coefficient (Wildman–Crippen LogP) is 3.08. The van der Waals surface area contributed by atoms with Crippen LogP contribution < -0.4 is 19.1 Å². The number of hydrogen-bond donors (Lipinski definition) is 1. The van der Waals surface area contributed by atoms with Gasteiger partial charge < -0.3 is 19.7 Å². The maximum Gasteiger partial charge on any atom is 0.255 e. The van der Waals surface area contributed by atoms with Crippen LogP contribution in [0.4, 0.5) is 11.4 Å². The van der Waals surface area contributed by atoms with Gasteiger partial charge >= 0.3 is 0 Å². The largest absolute Gasteiger partial charge is 0.454 e. The van der Waals surface area contributed by atoms with Crippen molar-refractivity contribution in [2.24, 2.45) is 0 Å². The number of nitrogens with zero attached hydrogens (tertiary/aromatic N) is 2. The van der Waals surface area contributed by atoms with E-state index >= 15 is 0 Å². The number of amides is 2. The van der Waals surface area contributed by atoms with Crippen LogP contribution in [-0.4, -0.2) is 57.8 Å². The number of nitrogens with one attached hydrogen (secondary N) is 1. The Bertz CT molecular complexity index is 1110. The van der Waals surface area contributed by atoms with Gasteiger partial charge in [0.05, 0.1) is 23.2 Å². The van der Waals surface area contributed by atoms with Gasteiger partial charge in [0, 0.05) is 32.1 Å². The molecular formula is C23H29N3O6S. The van der Waals surface area contributed by atoms with Crippen molar-refractivity contribution in [1.82, 2.24) is 4.90 Å². The van der Waals surface area contributed by atoms with E-state index in [-0.39, 0.29) is 31.6 Å². The molecule has 0 saturated heterocycles. The van der Waals surface area contributed by atoms with Crippen molar-refractivity contribution in [3.8, 4) is 11.5 Å². The third-order valence-electron chi connectivity index (χ3n) is 5.29. The molecule has 0 unspecified atom stereocenters. The molecule has 1 aliphatic heterocycles. The Balaban J connectivity index is 1.64. The molecular weight excluding hydrogens is 446 g/mol. The van der Waals surface area contributed by atoms with E-state index in [2.05, 4.69) is 5.32 Å². The summed E-state index contributed by atoms with van der Waals surface area (Å²) in [5.41, 5.74) is 1.31. The molecule has 1 heterocycles. The van der Waals surface area contributed by atoms with Crippen molar-refractivity contribution in [3.63, 3.8) is 0 Å². The highest BCUT2D eigenvalue weighted by atomic mass is 32.2. The molecule has 33 heavy (non-hydrogen) atoms. The normalized spacial score (nSPS) is 12.3. The van der Waals surface area contributed by atoms with Crippen LogP contribution in [0.1, 0.15) is 37.0 Å². The van der Waals surface area contributed by atoms with E-state index in [4.69, 9.17) is 9.47 Å². The quantitative estimate of drug-likeness (QED) is 0.566. The first-order chi connectivity index (χ1) is 15.7. The summed E-state index contributed by atoms with van der Waals surface area (Å²) in [7, 11) is -3.57. The van der Waals surface area contributed by atoms with E-state index in [1.165, 1.54) is 4.31 Å². The van der Waals surface area contributed by atoms with Crippen molar-refractivity contribution in [3.05, 3.63) is 48.0 Å². The first kappa shape index (κ1) is 24.4. The van der Waals surface area contributed by atoms with Crippen molar-refractivity contribution < 1.29 is 27.5 Å². The summed E-state index contributed by atoms with van der Waals surface area (Å²) in [6.45, 7) is 5.14. The van der Waals surface area contributed by atoms with E-state index in [1.807, 2.05) is 13.8 Å². The Labute approximate surface area is 194 Å². The highest BCUT2D eigenvalue weighted by molar-refractivity contribution is 7.92. The molecule has 2 aromatic rings. The average Bonchev–Trinajstić information content (AvgIpc) is 3.25. The molecule has 2 aromatic carbocycles. The molecule has 1 N–H and O–H groups in total. The fourth-order valence-corrected chi connectivity index (χ4v) is 4.54. The van der Waals surface area contributed by atoms with Crippen molar-refractivity contribution >= 4 is 33.2 Å². The maximum atomic E-state index is 12.7. The summed E-state index contributed by atoms with van der Waals surface area (Å²) < 4.78 is 36.5. The molecule has 3 rings (SSSR count). The molecule has 0 spiro atoms. The SMILES string of the molecule is CCN(CC)C(=O)c1ccccc1NC(=O)CCCN(c1ccc2c(c1)OCO2)S(C)(=O)=O. The standard InChI is InChI=1S/C23H29N3O6S/c1-4-25(5-2)23(28)18-9-6-7-10-19(18)24-22(27)11-8-14-26(33(3,29)30)17-12-13-20-21(15-17)32-16-31-20/h6-7,9-10,12-13,15H,4-5,8,11,14,16H2,1-3H3,(H,24,27). The molecule has 10 heteroatoms. The number of para-hydroxylation sites is 1. The van der Waals surface area contributed by atoms with E-state index < -0.39 is 10.0 Å². The predicted molar refractivity (Wildman–Crippen MR) is 126 cm³/mol. The van der Waals surface area contributed by atoms with E-state index in [0.29, 0.717) is 47.9 Å². The first-order valence-corrected chi connectivity index (χ1v) is 12.6. The second-order valence-electron chi connectivity index (χ2n) is 7.55. The highest BCUT2D eigenvalue weighted by Crippen LogP contribution is 2.36. The van der Waals surface area contributed by atoms with Gasteiger partial charge in [-0.25, -0.2) is 8.42 Å². The number of rotatable bonds is 10. The summed E-state index contributed by atoms with van der Waals surface area (Å²) >= 11 is 0. The van der Waals surface area contributed by atoms with Crippen LogP contribution in [0.15, 0.2) is 42.5 Å². The fraction of sp³-hybridized carbons (Fsp3) is 0.391. The monoisotopic (exact) mass is 475 g/mol. The van der Waals surface area contributed by atoms with E-state index in [0.717, 1.165) is 6.26 Å². The number of fused-ring (bicyclic) bond motifs is 1. The molecule has 0 aliphatic carbocycles. The Morgan fingerprint density at radius 2 is 1.73 bits per heavy atom. The lowest BCUT2D eigenvalue weighted by atomic mass is 10.1. The van der Waals surface area contributed by atoms with Gasteiger partial charge in [-0.3, -0.25) is 13.9 Å². The Morgan fingerprint density at radius 3 is 2.42 bits per heavy atom. The number of benzene rings is 2. The van der Waals surface area contributed by atoms with Gasteiger partial charge in [-0.15, -0.1) is 0 Å². The van der Waals surface area contributed by atoms with Crippen LogP contribution in [0, 0.1) is 0 Å². The van der Waals surface area contributed by atoms with Gasteiger partial charge in [0.15, 0.2) is 11.5 Å². The van der Waals surface area contributed by atoms with Gasteiger partial charge in [-0.2, -0.15) is 0 Å². The van der Waals surface area contributed by atoms with Crippen LogP contribution >= 0.6 is 0 Å². The molecule has 0 radical (unpaired) electrons. The second kappa shape index (κ2) is 10.6. The summed E-state index contributed by atoms with van der Waals surface area (Å²) in [5, 5.41) is 2.79. The molecule has 2 amide bonds. The highest BCUT2D eigenvalue weighted by Gasteiger charge is 2.22. The summed E-state index contributed by atoms with van der Waals surface area (Å²) in [6.07, 6.45) is 1.50. The minimum Gasteiger partial charge on any atom is -0.454 e. The van der Waals surface area contributed by atoms with Crippen LogP contribution in [0.25, 0.3) is 0 Å². The van der Waals surface area contributed by atoms with Crippen molar-refractivity contribution in [1.29, 1.82) is 0 Å². The summed E-state index contributed by atoms with van der Waals surface area (Å²) in [6, 6.07) is 11.8. The number of hydrogen-bond acceptors (Lipinski definition) is 6. The minimum absolute atomic E-state index is 0.0877. The lowest BCUT2D eigenvalue weighted by Gasteiger charge is -2.23. The zero-order valence-corrected chi connectivity index (χ0v) is 19.9. The van der Waals surface area contributed by atoms with Crippen molar-refractivity contribution in [2.75, 3.05) is 42.3 Å². The molecule has 1 aliphatic rings. The van der Waals surface area contributed by atoms with E-state index in [9.17, 15) is 18.0 Å². The Kier molecular flexibility index (Phi) is 7.80. The minimum atomic E-state index is -3.57. The third kappa shape index (κ3) is 5.95. The molecule has 0 aromatic heterocycles. The topological polar surface area (TPSA) is 105 Å². The van der Waals surface area contributed by atoms with Gasteiger partial charge in [0.1, 0.15) is 0 Å². The summed E-state index contributed by atoms with van der Waals surface area (Å²) in [5.74, 6) is 0.591. The lowest BCUT2D eigenvalue weighted by molar-refractivity contribution is -0.116. The second-order valence-corrected chi connectivity index (χ2v) is 9.45. The first-order valence-electron chi connectivity index (χ1n) is 10.8. The summed E-state index contributed by atoms with van der Waals surface area (Å²) in [4.78, 5) is 27.0. The van der Waals surface area contributed by atoms with Gasteiger partial charge in [0.25, 0.3) is 5.91 Å². The van der Waals surface area contributed by atoms with Crippen LogP contribution in [0.5, 0.6) is 11.5 Å². The zero-order chi connectivity index (χ0) is 24.0. The molecule has 0 fully saturated rings. The third-order valence-corrected chi connectivity index (χ3v) is 6.49. The number of sulfonamides is 1. The number of anilines is 2. The van der Waals surface area contributed by atoms with Crippen molar-refractivity contribution in [2.45, 2.75) is 26.7 Å². The smallest absolute Gasteiger partial charge is 0.255 e. The Hall–Kier alpha value is -3.27.